The van der Waals surface area contributed by atoms with Crippen molar-refractivity contribution in [1.29, 1.82) is 0 Å². The van der Waals surface area contributed by atoms with Crippen molar-refractivity contribution in [3.8, 4) is 10.6 Å². The van der Waals surface area contributed by atoms with Gasteiger partial charge in [0.15, 0.2) is 0 Å². The van der Waals surface area contributed by atoms with Gasteiger partial charge >= 0.3 is 0 Å². The van der Waals surface area contributed by atoms with Gasteiger partial charge in [0, 0.05) is 55.3 Å². The zero-order valence-electron chi connectivity index (χ0n) is 15.1. The van der Waals surface area contributed by atoms with E-state index in [1.807, 2.05) is 30.3 Å². The van der Waals surface area contributed by atoms with E-state index in [4.69, 9.17) is 4.98 Å². The Hall–Kier alpha value is -2.64. The summed E-state index contributed by atoms with van der Waals surface area (Å²) in [6, 6.07) is 13.0. The molecule has 0 saturated carbocycles. The third-order valence-electron chi connectivity index (χ3n) is 4.73. The summed E-state index contributed by atoms with van der Waals surface area (Å²) in [5.41, 5.74) is 2.17. The fraction of sp³-hybridized carbons (Fsp3) is 0.238. The molecule has 4 nitrogen and oxygen atoms in total. The lowest BCUT2D eigenvalue weighted by molar-refractivity contribution is 0.0626. The van der Waals surface area contributed by atoms with E-state index in [-0.39, 0.29) is 11.5 Å². The van der Waals surface area contributed by atoms with Crippen LogP contribution in [0.25, 0.3) is 10.6 Å². The maximum Gasteiger partial charge on any atom is 0.254 e. The number of hydrogen-bond acceptors (Lipinski definition) is 4. The maximum absolute atomic E-state index is 13.4. The largest absolute Gasteiger partial charge is 0.336 e. The van der Waals surface area contributed by atoms with E-state index in [9.17, 15) is 13.6 Å². The standard InChI is InChI=1S/C21H19F2N3OS/c22-17-10-16(11-18(23)12-17)21(27)26-8-6-25(7-9-26)13-19-14-28-20(24-19)15-4-2-1-3-5-15/h1-5,10-12,14H,6-9,13H2. The zero-order chi connectivity index (χ0) is 19.5. The molecule has 0 spiro atoms. The molecule has 1 amide bonds. The first-order valence-electron chi connectivity index (χ1n) is 9.06. The third kappa shape index (κ3) is 4.26. The molecule has 3 aromatic rings. The molecular weight excluding hydrogens is 380 g/mol. The first-order chi connectivity index (χ1) is 13.6. The fourth-order valence-corrected chi connectivity index (χ4v) is 4.11. The molecule has 2 heterocycles. The van der Waals surface area contributed by atoms with Crippen LogP contribution in [-0.4, -0.2) is 46.9 Å². The van der Waals surface area contributed by atoms with E-state index >= 15 is 0 Å². The molecule has 2 aromatic carbocycles. The smallest absolute Gasteiger partial charge is 0.254 e. The average molecular weight is 399 g/mol. The summed E-state index contributed by atoms with van der Waals surface area (Å²) in [5.74, 6) is -1.81. The first kappa shape index (κ1) is 18.7. The highest BCUT2D eigenvalue weighted by Crippen LogP contribution is 2.24. The van der Waals surface area contributed by atoms with Crippen LogP contribution in [0.5, 0.6) is 0 Å². The number of halogens is 2. The molecule has 144 valence electrons. The van der Waals surface area contributed by atoms with E-state index in [1.165, 1.54) is 0 Å². The molecule has 7 heteroatoms. The van der Waals surface area contributed by atoms with Crippen molar-refractivity contribution in [1.82, 2.24) is 14.8 Å². The van der Waals surface area contributed by atoms with Gasteiger partial charge in [0.2, 0.25) is 0 Å². The SMILES string of the molecule is O=C(c1cc(F)cc(F)c1)N1CCN(Cc2csc(-c3ccccc3)n2)CC1. The normalized spacial score (nSPS) is 15.0. The molecule has 1 fully saturated rings. The Morgan fingerprint density at radius 2 is 1.68 bits per heavy atom. The number of rotatable bonds is 4. The lowest BCUT2D eigenvalue weighted by Gasteiger charge is -2.34. The van der Waals surface area contributed by atoms with Crippen molar-refractivity contribution < 1.29 is 13.6 Å². The van der Waals surface area contributed by atoms with Crippen LogP contribution in [-0.2, 0) is 6.54 Å². The second kappa shape index (κ2) is 8.16. The summed E-state index contributed by atoms with van der Waals surface area (Å²) in [7, 11) is 0. The zero-order valence-corrected chi connectivity index (χ0v) is 16.0. The molecule has 28 heavy (non-hydrogen) atoms. The van der Waals surface area contributed by atoms with Crippen molar-refractivity contribution in [2.75, 3.05) is 26.2 Å². The van der Waals surface area contributed by atoms with Gasteiger partial charge in [-0.25, -0.2) is 13.8 Å². The van der Waals surface area contributed by atoms with Crippen LogP contribution in [0.4, 0.5) is 8.78 Å². The number of nitrogens with zero attached hydrogens (tertiary/aromatic N) is 3. The molecular formula is C21H19F2N3OS. The maximum atomic E-state index is 13.4. The Balaban J connectivity index is 1.34. The van der Waals surface area contributed by atoms with Gasteiger partial charge in [0.1, 0.15) is 16.6 Å². The molecule has 1 aliphatic rings. The number of carbonyl (C=O) groups excluding carboxylic acids is 1. The molecule has 4 rings (SSSR count). The summed E-state index contributed by atoms with van der Waals surface area (Å²) in [6.07, 6.45) is 0. The van der Waals surface area contributed by atoms with Crippen molar-refractivity contribution in [2.45, 2.75) is 6.54 Å². The summed E-state index contributed by atoms with van der Waals surface area (Å²) in [4.78, 5) is 21.1. The molecule has 0 aliphatic carbocycles. The van der Waals surface area contributed by atoms with Crippen LogP contribution in [0, 0.1) is 11.6 Å². The van der Waals surface area contributed by atoms with Crippen molar-refractivity contribution in [2.24, 2.45) is 0 Å². The molecule has 0 N–H and O–H groups in total. The molecule has 1 aliphatic heterocycles. The Morgan fingerprint density at radius 3 is 2.36 bits per heavy atom. The van der Waals surface area contributed by atoms with E-state index in [1.54, 1.807) is 16.2 Å². The van der Waals surface area contributed by atoms with Crippen molar-refractivity contribution >= 4 is 17.2 Å². The number of benzene rings is 2. The van der Waals surface area contributed by atoms with Crippen LogP contribution >= 0.6 is 11.3 Å². The quantitative estimate of drug-likeness (QED) is 0.664. The average Bonchev–Trinajstić information content (AvgIpc) is 3.16. The minimum atomic E-state index is -0.736. The number of aromatic nitrogens is 1. The Labute approximate surface area is 166 Å². The minimum Gasteiger partial charge on any atom is -0.336 e. The van der Waals surface area contributed by atoms with Crippen molar-refractivity contribution in [3.05, 3.63) is 76.8 Å². The highest BCUT2D eigenvalue weighted by Gasteiger charge is 2.23. The Kier molecular flexibility index (Phi) is 5.45. The van der Waals surface area contributed by atoms with Gasteiger partial charge in [-0.3, -0.25) is 9.69 Å². The predicted molar refractivity (Wildman–Crippen MR) is 105 cm³/mol. The molecule has 0 unspecified atom stereocenters. The highest BCUT2D eigenvalue weighted by molar-refractivity contribution is 7.13. The van der Waals surface area contributed by atoms with Crippen LogP contribution in [0.15, 0.2) is 53.9 Å². The van der Waals surface area contributed by atoms with Gasteiger partial charge in [-0.1, -0.05) is 30.3 Å². The predicted octanol–water partition coefficient (Wildman–Crippen LogP) is 4.05. The molecule has 0 bridgehead atoms. The topological polar surface area (TPSA) is 36.4 Å². The second-order valence-electron chi connectivity index (χ2n) is 6.74. The summed E-state index contributed by atoms with van der Waals surface area (Å²) in [6.45, 7) is 3.16. The summed E-state index contributed by atoms with van der Waals surface area (Å²) in [5, 5.41) is 3.06. The van der Waals surface area contributed by atoms with Crippen LogP contribution < -0.4 is 0 Å². The summed E-state index contributed by atoms with van der Waals surface area (Å²) >= 11 is 1.62. The number of carbonyl (C=O) groups is 1. The fourth-order valence-electron chi connectivity index (χ4n) is 3.29. The van der Waals surface area contributed by atoms with Gasteiger partial charge in [-0.05, 0) is 12.1 Å². The minimum absolute atomic E-state index is 0.0537. The number of hydrogen-bond donors (Lipinski definition) is 0. The summed E-state index contributed by atoms with van der Waals surface area (Å²) < 4.78 is 26.7. The highest BCUT2D eigenvalue weighted by atomic mass is 32.1. The van der Waals surface area contributed by atoms with E-state index in [0.29, 0.717) is 26.2 Å². The molecule has 1 saturated heterocycles. The molecule has 0 radical (unpaired) electrons. The second-order valence-corrected chi connectivity index (χ2v) is 7.59. The lowest BCUT2D eigenvalue weighted by atomic mass is 10.1. The monoisotopic (exact) mass is 399 g/mol. The Morgan fingerprint density at radius 1 is 1.00 bits per heavy atom. The molecule has 1 aromatic heterocycles. The first-order valence-corrected chi connectivity index (χ1v) is 9.94. The van der Waals surface area contributed by atoms with Crippen LogP contribution in [0.3, 0.4) is 0 Å². The van der Waals surface area contributed by atoms with Gasteiger partial charge in [-0.15, -0.1) is 11.3 Å². The van der Waals surface area contributed by atoms with Crippen LogP contribution in [0.1, 0.15) is 16.1 Å². The number of amides is 1. The van der Waals surface area contributed by atoms with Gasteiger partial charge in [0.05, 0.1) is 5.69 Å². The number of piperazine rings is 1. The molecule has 0 atom stereocenters. The van der Waals surface area contributed by atoms with Gasteiger partial charge in [-0.2, -0.15) is 0 Å². The van der Waals surface area contributed by atoms with E-state index < -0.39 is 11.6 Å². The lowest BCUT2D eigenvalue weighted by Crippen LogP contribution is -2.48. The third-order valence-corrected chi connectivity index (χ3v) is 5.67. The van der Waals surface area contributed by atoms with E-state index in [2.05, 4.69) is 10.3 Å². The van der Waals surface area contributed by atoms with Gasteiger partial charge < -0.3 is 4.90 Å². The van der Waals surface area contributed by atoms with E-state index in [0.717, 1.165) is 41.0 Å². The number of thiazole rings is 1. The van der Waals surface area contributed by atoms with Gasteiger partial charge in [0.25, 0.3) is 5.91 Å². The Bertz CT molecular complexity index is 949. The van der Waals surface area contributed by atoms with Crippen LogP contribution in [0.2, 0.25) is 0 Å². The van der Waals surface area contributed by atoms with Crippen molar-refractivity contribution in [3.63, 3.8) is 0 Å².